The number of hydrogen-bond donors (Lipinski definition) is 0. The highest BCUT2D eigenvalue weighted by molar-refractivity contribution is 8.09. The van der Waals surface area contributed by atoms with E-state index in [0.29, 0.717) is 11.1 Å². The molecule has 1 aromatic heterocycles. The van der Waals surface area contributed by atoms with Gasteiger partial charge in [0.2, 0.25) is 9.84 Å². The number of benzene rings is 1. The molecule has 3 nitrogen and oxygen atoms in total. The molecule has 100 valence electrons. The van der Waals surface area contributed by atoms with Crippen LogP contribution in [-0.2, 0) is 14.6 Å². The van der Waals surface area contributed by atoms with Crippen molar-refractivity contribution in [1.29, 1.82) is 0 Å². The summed E-state index contributed by atoms with van der Waals surface area (Å²) in [4.78, 5) is 12.0. The number of carbonyl (C=O) groups is 1. The number of hydrogen-bond acceptors (Lipinski definition) is 4. The van der Waals surface area contributed by atoms with Crippen LogP contribution in [0.5, 0.6) is 0 Å². The number of sulfone groups is 1. The van der Waals surface area contributed by atoms with Crippen LogP contribution < -0.4 is 0 Å². The van der Waals surface area contributed by atoms with E-state index < -0.39 is 9.84 Å². The molecule has 0 bridgehead atoms. The maximum absolute atomic E-state index is 12.7. The first-order chi connectivity index (χ1) is 9.59. The number of ketones is 1. The Hall–Kier alpha value is -1.98. The monoisotopic (exact) mass is 302 g/mol. The third-order valence-corrected chi connectivity index (χ3v) is 5.54. The average molecular weight is 302 g/mol. The van der Waals surface area contributed by atoms with Crippen LogP contribution in [0.3, 0.4) is 0 Å². The molecule has 0 N–H and O–H groups in total. The molecular weight excluding hydrogens is 292 g/mol. The number of allylic oxidation sites excluding steroid dienone is 2. The van der Waals surface area contributed by atoms with Crippen molar-refractivity contribution in [2.24, 2.45) is 0 Å². The molecule has 0 aliphatic carbocycles. The summed E-state index contributed by atoms with van der Waals surface area (Å²) in [6, 6.07) is 10.4. The summed E-state index contributed by atoms with van der Waals surface area (Å²) in [5, 5.41) is 3.52. The van der Waals surface area contributed by atoms with Crippen LogP contribution >= 0.6 is 11.3 Å². The van der Waals surface area contributed by atoms with Gasteiger partial charge in [-0.2, -0.15) is 11.3 Å². The summed E-state index contributed by atoms with van der Waals surface area (Å²) >= 11 is 1.40. The summed E-state index contributed by atoms with van der Waals surface area (Å²) in [5.41, 5.74) is 1.09. The average Bonchev–Trinajstić information content (AvgIpc) is 2.95. The lowest BCUT2D eigenvalue weighted by Crippen LogP contribution is -2.13. The van der Waals surface area contributed by atoms with E-state index in [0.717, 1.165) is 0 Å². The quantitative estimate of drug-likeness (QED) is 0.856. The molecule has 3 rings (SSSR count). The molecule has 0 saturated carbocycles. The van der Waals surface area contributed by atoms with Crippen LogP contribution in [0.25, 0.3) is 9.81 Å². The Labute approximate surface area is 120 Å². The topological polar surface area (TPSA) is 51.2 Å². The van der Waals surface area contributed by atoms with Crippen LogP contribution in [0.15, 0.2) is 59.3 Å². The summed E-state index contributed by atoms with van der Waals surface area (Å²) < 4.78 is 25.3. The molecule has 5 heteroatoms. The van der Waals surface area contributed by atoms with Gasteiger partial charge in [-0.15, -0.1) is 0 Å². The van der Waals surface area contributed by atoms with E-state index in [-0.39, 0.29) is 15.6 Å². The molecule has 0 fully saturated rings. The van der Waals surface area contributed by atoms with Crippen molar-refractivity contribution in [3.05, 3.63) is 70.4 Å². The summed E-state index contributed by atoms with van der Waals surface area (Å²) in [7, 11) is -3.67. The van der Waals surface area contributed by atoms with Crippen molar-refractivity contribution in [2.45, 2.75) is 0 Å². The molecule has 2 aromatic rings. The van der Waals surface area contributed by atoms with Crippen molar-refractivity contribution < 1.29 is 13.2 Å². The van der Waals surface area contributed by atoms with E-state index in [4.69, 9.17) is 0 Å². The minimum atomic E-state index is -3.67. The third-order valence-electron chi connectivity index (χ3n) is 2.99. The minimum absolute atomic E-state index is 0.0619. The summed E-state index contributed by atoms with van der Waals surface area (Å²) in [6.45, 7) is 0. The molecule has 0 saturated heterocycles. The lowest BCUT2D eigenvalue weighted by atomic mass is 10.1. The van der Waals surface area contributed by atoms with E-state index in [1.807, 2.05) is 0 Å². The second-order valence-corrected chi connectivity index (χ2v) is 6.97. The molecule has 0 spiro atoms. The number of thiophene rings is 1. The van der Waals surface area contributed by atoms with E-state index in [1.165, 1.54) is 23.5 Å². The highest BCUT2D eigenvalue weighted by Gasteiger charge is 2.30. The van der Waals surface area contributed by atoms with Gasteiger partial charge in [0, 0.05) is 17.7 Å². The van der Waals surface area contributed by atoms with Gasteiger partial charge in [0.1, 0.15) is 0 Å². The highest BCUT2D eigenvalue weighted by atomic mass is 32.2. The molecule has 0 unspecified atom stereocenters. The molecule has 0 atom stereocenters. The number of carbonyl (C=O) groups excluding carboxylic acids is 1. The van der Waals surface area contributed by atoms with E-state index in [1.54, 1.807) is 47.2 Å². The van der Waals surface area contributed by atoms with Crippen LogP contribution in [0.2, 0.25) is 0 Å². The second kappa shape index (κ2) is 4.85. The zero-order valence-electron chi connectivity index (χ0n) is 10.3. The van der Waals surface area contributed by atoms with Crippen LogP contribution in [0.4, 0.5) is 0 Å². The summed E-state index contributed by atoms with van der Waals surface area (Å²) in [6.07, 6.45) is 2.37. The maximum Gasteiger partial charge on any atom is 0.208 e. The Morgan fingerprint density at radius 2 is 1.50 bits per heavy atom. The van der Waals surface area contributed by atoms with Crippen LogP contribution in [0, 0.1) is 0 Å². The van der Waals surface area contributed by atoms with Gasteiger partial charge in [-0.05, 0) is 22.4 Å². The Balaban J connectivity index is 2.18. The van der Waals surface area contributed by atoms with Crippen molar-refractivity contribution in [3.63, 3.8) is 0 Å². The van der Waals surface area contributed by atoms with E-state index in [2.05, 4.69) is 0 Å². The second-order valence-electron chi connectivity index (χ2n) is 4.30. The van der Waals surface area contributed by atoms with Crippen molar-refractivity contribution in [1.82, 2.24) is 0 Å². The fraction of sp³-hybridized carbons (Fsp3) is 0. The lowest BCUT2D eigenvalue weighted by Gasteiger charge is -2.15. The van der Waals surface area contributed by atoms with Crippen molar-refractivity contribution in [3.8, 4) is 0 Å². The largest absolute Gasteiger partial charge is 0.290 e. The Kier molecular flexibility index (Phi) is 3.16. The maximum atomic E-state index is 12.7. The first-order valence-electron chi connectivity index (χ1n) is 5.89. The van der Waals surface area contributed by atoms with Gasteiger partial charge < -0.3 is 0 Å². The molecule has 0 amide bonds. The fourth-order valence-electron chi connectivity index (χ4n) is 2.06. The predicted octanol–water partition coefficient (Wildman–Crippen LogP) is 3.13. The number of rotatable bonds is 2. The SMILES string of the molecule is O=C1C=C(c2ccccc2)S(=O)(=O)C(c2ccsc2)=C1. The van der Waals surface area contributed by atoms with Gasteiger partial charge in [0.15, 0.2) is 5.78 Å². The molecule has 20 heavy (non-hydrogen) atoms. The van der Waals surface area contributed by atoms with E-state index in [9.17, 15) is 13.2 Å². The van der Waals surface area contributed by atoms with Gasteiger partial charge in [-0.25, -0.2) is 8.42 Å². The predicted molar refractivity (Wildman–Crippen MR) is 80.6 cm³/mol. The Bertz CT molecular complexity index is 811. The Morgan fingerprint density at radius 3 is 2.10 bits per heavy atom. The normalized spacial score (nSPS) is 17.5. The molecule has 1 aliphatic heterocycles. The fourth-order valence-corrected chi connectivity index (χ4v) is 4.45. The third kappa shape index (κ3) is 2.15. The molecular formula is C15H10O3S2. The van der Waals surface area contributed by atoms with Gasteiger partial charge in [0.25, 0.3) is 0 Å². The molecule has 1 aromatic carbocycles. The molecule has 0 radical (unpaired) electrons. The first kappa shape index (κ1) is 13.0. The smallest absolute Gasteiger partial charge is 0.208 e. The lowest BCUT2D eigenvalue weighted by molar-refractivity contribution is -0.110. The summed E-state index contributed by atoms with van der Waals surface area (Å²) in [5.74, 6) is -0.306. The first-order valence-corrected chi connectivity index (χ1v) is 8.32. The Morgan fingerprint density at radius 1 is 0.850 bits per heavy atom. The van der Waals surface area contributed by atoms with Crippen molar-refractivity contribution in [2.75, 3.05) is 0 Å². The van der Waals surface area contributed by atoms with Crippen LogP contribution in [-0.4, -0.2) is 14.2 Å². The highest BCUT2D eigenvalue weighted by Crippen LogP contribution is 2.36. The van der Waals surface area contributed by atoms with Gasteiger partial charge in [-0.3, -0.25) is 4.79 Å². The van der Waals surface area contributed by atoms with Gasteiger partial charge in [0.05, 0.1) is 9.81 Å². The standard InChI is InChI=1S/C15H10O3S2/c16-13-8-14(11-4-2-1-3-5-11)20(17,18)15(9-13)12-6-7-19-10-12/h1-10H. The van der Waals surface area contributed by atoms with Gasteiger partial charge in [-0.1, -0.05) is 30.3 Å². The van der Waals surface area contributed by atoms with E-state index >= 15 is 0 Å². The minimum Gasteiger partial charge on any atom is -0.290 e. The molecule has 2 heterocycles. The molecule has 1 aliphatic rings. The zero-order chi connectivity index (χ0) is 14.2. The van der Waals surface area contributed by atoms with Crippen molar-refractivity contribution >= 4 is 36.8 Å². The zero-order valence-corrected chi connectivity index (χ0v) is 11.9. The van der Waals surface area contributed by atoms with Crippen LogP contribution in [0.1, 0.15) is 11.1 Å². The van der Waals surface area contributed by atoms with Gasteiger partial charge >= 0.3 is 0 Å².